The van der Waals surface area contributed by atoms with Crippen LogP contribution in [0.15, 0.2) is 0 Å². The summed E-state index contributed by atoms with van der Waals surface area (Å²) in [5.74, 6) is -4.22. The van der Waals surface area contributed by atoms with Gasteiger partial charge in [0.2, 0.25) is 11.4 Å². The molecule has 2 rings (SSSR count). The summed E-state index contributed by atoms with van der Waals surface area (Å²) in [6.45, 7) is 4.37. The van der Waals surface area contributed by atoms with Crippen molar-refractivity contribution in [3.05, 3.63) is 0 Å². The number of carboxylic acid groups (broad SMARTS) is 2. The fourth-order valence-corrected chi connectivity index (χ4v) is 4.39. The smallest absolute Gasteiger partial charge is 0.342 e. The zero-order valence-corrected chi connectivity index (χ0v) is 11.9. The summed E-state index contributed by atoms with van der Waals surface area (Å²) in [7, 11) is 0. The number of carbonyl (C=O) groups excluding carboxylic acids is 2. The Morgan fingerprint density at radius 2 is 1.85 bits per heavy atom. The van der Waals surface area contributed by atoms with Gasteiger partial charge in [-0.3, -0.25) is 9.59 Å². The van der Waals surface area contributed by atoms with Gasteiger partial charge in [-0.25, -0.2) is 9.59 Å². The molecule has 0 radical (unpaired) electrons. The molecule has 2 aliphatic heterocycles. The normalized spacial score (nSPS) is 34.1. The van der Waals surface area contributed by atoms with Gasteiger partial charge in [0.25, 0.3) is 5.91 Å². The molecular formula is C11H14N2O6S. The molecule has 0 saturated carbocycles. The van der Waals surface area contributed by atoms with Gasteiger partial charge >= 0.3 is 11.9 Å². The molecule has 0 bridgehead atoms. The third kappa shape index (κ3) is 1.62. The maximum absolute atomic E-state index is 12.2. The Morgan fingerprint density at radius 1 is 1.30 bits per heavy atom. The van der Waals surface area contributed by atoms with E-state index < -0.39 is 45.5 Å². The second kappa shape index (κ2) is 4.11. The Morgan fingerprint density at radius 3 is 2.25 bits per heavy atom. The maximum Gasteiger partial charge on any atom is 0.342 e. The van der Waals surface area contributed by atoms with Crippen LogP contribution in [0.4, 0.5) is 0 Å². The predicted molar refractivity (Wildman–Crippen MR) is 67.9 cm³/mol. The fourth-order valence-electron chi connectivity index (χ4n) is 2.70. The molecule has 20 heavy (non-hydrogen) atoms. The summed E-state index contributed by atoms with van der Waals surface area (Å²) in [6, 6.07) is -1.12. The molecule has 0 spiro atoms. The minimum Gasteiger partial charge on any atom is -0.480 e. The molecule has 2 heterocycles. The number of nitrogens with one attached hydrogen (secondary N) is 1. The number of nitrogens with zero attached hydrogens (tertiary/aromatic N) is 1. The molecule has 0 aromatic rings. The minimum absolute atomic E-state index is 0.655. The second-order valence-electron chi connectivity index (χ2n) is 5.32. The Labute approximate surface area is 118 Å². The first-order valence-corrected chi connectivity index (χ1v) is 6.69. The van der Waals surface area contributed by atoms with Gasteiger partial charge in [0, 0.05) is 11.7 Å². The summed E-state index contributed by atoms with van der Waals surface area (Å²) in [4.78, 5) is 47.2. The van der Waals surface area contributed by atoms with Crippen LogP contribution in [0.5, 0.6) is 0 Å². The number of hydrogen-bond acceptors (Lipinski definition) is 5. The van der Waals surface area contributed by atoms with Crippen molar-refractivity contribution in [3.8, 4) is 0 Å². The number of fused-ring (bicyclic) bond motifs is 1. The van der Waals surface area contributed by atoms with Crippen LogP contribution in [0.3, 0.4) is 0 Å². The second-order valence-corrected chi connectivity index (χ2v) is 7.06. The van der Waals surface area contributed by atoms with Crippen molar-refractivity contribution in [2.75, 3.05) is 0 Å². The van der Waals surface area contributed by atoms with Gasteiger partial charge in [-0.15, -0.1) is 11.8 Å². The highest BCUT2D eigenvalue weighted by Gasteiger charge is 2.75. The molecule has 110 valence electrons. The Balaban J connectivity index is 2.45. The number of aliphatic carboxylic acids is 2. The lowest BCUT2D eigenvalue weighted by Crippen LogP contribution is -2.82. The third-order valence-corrected chi connectivity index (χ3v) is 5.13. The van der Waals surface area contributed by atoms with E-state index in [1.54, 1.807) is 13.8 Å². The maximum atomic E-state index is 12.2. The molecular weight excluding hydrogens is 288 g/mol. The zero-order valence-electron chi connectivity index (χ0n) is 11.0. The summed E-state index contributed by atoms with van der Waals surface area (Å²) in [5.41, 5.74) is -2.07. The van der Waals surface area contributed by atoms with Gasteiger partial charge in [-0.1, -0.05) is 0 Å². The Bertz CT molecular complexity index is 533. The van der Waals surface area contributed by atoms with Crippen LogP contribution in [-0.2, 0) is 19.2 Å². The minimum atomic E-state index is -2.07. The molecule has 9 heteroatoms. The fraction of sp³-hybridized carbons (Fsp3) is 0.636. The van der Waals surface area contributed by atoms with Crippen molar-refractivity contribution in [2.45, 2.75) is 42.5 Å². The standard InChI is InChI=1S/C11H14N2O6S/c1-4(14)12-11(9(18)19)7(17)13-5(6(15)16)10(2,3)20-8(11)13/h5,8H,1-3H3,(H,12,14)(H,15,16)(H,18,19)/t5-,8+,11-/m0/s1. The van der Waals surface area contributed by atoms with Gasteiger partial charge in [0.05, 0.1) is 0 Å². The van der Waals surface area contributed by atoms with E-state index in [1.165, 1.54) is 0 Å². The monoisotopic (exact) mass is 302 g/mol. The lowest BCUT2D eigenvalue weighted by molar-refractivity contribution is -0.178. The first-order chi connectivity index (χ1) is 9.05. The van der Waals surface area contributed by atoms with Crippen molar-refractivity contribution in [1.82, 2.24) is 10.2 Å². The molecule has 0 aromatic carbocycles. The summed E-state index contributed by atoms with van der Waals surface area (Å²) < 4.78 is -0.845. The first-order valence-electron chi connectivity index (χ1n) is 5.81. The van der Waals surface area contributed by atoms with Crippen LogP contribution in [0, 0.1) is 0 Å². The van der Waals surface area contributed by atoms with E-state index in [4.69, 9.17) is 0 Å². The molecule has 0 aromatic heterocycles. The summed E-state index contributed by atoms with van der Waals surface area (Å²) >= 11 is 1.06. The number of thioether (sulfide) groups is 1. The topological polar surface area (TPSA) is 124 Å². The molecule has 3 N–H and O–H groups in total. The van der Waals surface area contributed by atoms with Gasteiger partial charge < -0.3 is 20.4 Å². The van der Waals surface area contributed by atoms with Gasteiger partial charge in [0.1, 0.15) is 11.4 Å². The highest BCUT2D eigenvalue weighted by atomic mass is 32.2. The van der Waals surface area contributed by atoms with Gasteiger partial charge in [-0.05, 0) is 13.8 Å². The van der Waals surface area contributed by atoms with Gasteiger partial charge in [-0.2, -0.15) is 0 Å². The Kier molecular flexibility index (Phi) is 3.01. The number of amides is 2. The highest BCUT2D eigenvalue weighted by molar-refractivity contribution is 8.01. The first kappa shape index (κ1) is 14.6. The number of hydrogen-bond donors (Lipinski definition) is 3. The third-order valence-electron chi connectivity index (χ3n) is 3.49. The molecule has 3 atom stereocenters. The van der Waals surface area contributed by atoms with Crippen LogP contribution >= 0.6 is 11.8 Å². The highest BCUT2D eigenvalue weighted by Crippen LogP contribution is 2.54. The Hall–Kier alpha value is -1.77. The van der Waals surface area contributed by atoms with Crippen LogP contribution in [0.25, 0.3) is 0 Å². The van der Waals surface area contributed by atoms with Crippen molar-refractivity contribution < 1.29 is 29.4 Å². The van der Waals surface area contributed by atoms with Crippen LogP contribution in [-0.4, -0.2) is 60.6 Å². The van der Waals surface area contributed by atoms with Crippen LogP contribution < -0.4 is 5.32 Å². The van der Waals surface area contributed by atoms with E-state index in [9.17, 15) is 29.4 Å². The summed E-state index contributed by atoms with van der Waals surface area (Å²) in [6.07, 6.45) is 0. The number of rotatable bonds is 3. The largest absolute Gasteiger partial charge is 0.480 e. The van der Waals surface area contributed by atoms with Crippen LogP contribution in [0.1, 0.15) is 20.8 Å². The van der Waals surface area contributed by atoms with Crippen molar-refractivity contribution in [3.63, 3.8) is 0 Å². The van der Waals surface area contributed by atoms with E-state index in [2.05, 4.69) is 5.32 Å². The van der Waals surface area contributed by atoms with Crippen molar-refractivity contribution >= 4 is 35.5 Å². The van der Waals surface area contributed by atoms with Gasteiger partial charge in [0.15, 0.2) is 0 Å². The zero-order chi connectivity index (χ0) is 15.5. The molecule has 2 aliphatic rings. The van der Waals surface area contributed by atoms with Crippen molar-refractivity contribution in [2.24, 2.45) is 0 Å². The summed E-state index contributed by atoms with van der Waals surface area (Å²) in [5, 5.41) is 19.8. The molecule has 0 unspecified atom stereocenters. The average molecular weight is 302 g/mol. The lowest BCUT2D eigenvalue weighted by Gasteiger charge is -2.49. The van der Waals surface area contributed by atoms with E-state index in [1.807, 2.05) is 0 Å². The quantitative estimate of drug-likeness (QED) is 0.455. The average Bonchev–Trinajstić information content (AvgIpc) is 2.54. The van der Waals surface area contributed by atoms with E-state index >= 15 is 0 Å². The molecule has 8 nitrogen and oxygen atoms in total. The number of carbonyl (C=O) groups is 4. The lowest BCUT2D eigenvalue weighted by atomic mass is 9.84. The number of β-lactam (4-membered cyclic amide) rings is 1. The molecule has 0 aliphatic carbocycles. The SMILES string of the molecule is CC(=O)N[C@@]1(C(=O)O)C(=O)N2[C@@H](C(=O)O)C(C)(C)S[C@@H]21. The van der Waals surface area contributed by atoms with E-state index in [0.717, 1.165) is 23.6 Å². The van der Waals surface area contributed by atoms with Crippen LogP contribution in [0.2, 0.25) is 0 Å². The molecule has 2 amide bonds. The predicted octanol–water partition coefficient (Wildman–Crippen LogP) is -0.907. The van der Waals surface area contributed by atoms with E-state index in [-0.39, 0.29) is 0 Å². The molecule has 2 fully saturated rings. The molecule has 2 saturated heterocycles. The van der Waals surface area contributed by atoms with E-state index in [0.29, 0.717) is 0 Å². The number of carboxylic acids is 2. The van der Waals surface area contributed by atoms with Crippen molar-refractivity contribution in [1.29, 1.82) is 0 Å².